The zero-order valence-corrected chi connectivity index (χ0v) is 13.8. The van der Waals surface area contributed by atoms with Crippen LogP contribution in [0, 0.1) is 0 Å². The van der Waals surface area contributed by atoms with Crippen LogP contribution in [0.15, 0.2) is 29.2 Å². The van der Waals surface area contributed by atoms with Crippen LogP contribution in [-0.4, -0.2) is 21.9 Å². The second-order valence-corrected chi connectivity index (χ2v) is 6.38. The van der Waals surface area contributed by atoms with Gasteiger partial charge in [-0.3, -0.25) is 9.48 Å². The summed E-state index contributed by atoms with van der Waals surface area (Å²) in [5, 5.41) is 6.40. The highest BCUT2D eigenvalue weighted by Gasteiger charge is 2.40. The summed E-state index contributed by atoms with van der Waals surface area (Å²) in [6.45, 7) is -0.221. The first-order valence-corrected chi connectivity index (χ1v) is 8.71. The van der Waals surface area contributed by atoms with Gasteiger partial charge in [0.2, 0.25) is 5.91 Å². The number of fused-ring (bicyclic) bond motifs is 1. The zero-order valence-electron chi connectivity index (χ0n) is 13.0. The van der Waals surface area contributed by atoms with Crippen molar-refractivity contribution in [2.45, 2.75) is 36.9 Å². The van der Waals surface area contributed by atoms with Crippen molar-refractivity contribution in [2.24, 2.45) is 0 Å². The van der Waals surface area contributed by atoms with Crippen molar-refractivity contribution in [1.82, 2.24) is 9.78 Å². The van der Waals surface area contributed by atoms with Crippen molar-refractivity contribution in [2.75, 3.05) is 11.6 Å². The summed E-state index contributed by atoms with van der Waals surface area (Å²) in [6, 6.07) is 7.28. The highest BCUT2D eigenvalue weighted by Crippen LogP contribution is 2.36. The molecule has 3 rings (SSSR count). The van der Waals surface area contributed by atoms with E-state index in [2.05, 4.69) is 10.4 Å². The third kappa shape index (κ3) is 3.28. The van der Waals surface area contributed by atoms with Crippen LogP contribution in [0.3, 0.4) is 0 Å². The number of para-hydroxylation sites is 1. The fraction of sp³-hybridized carbons (Fsp3) is 0.375. The predicted molar refractivity (Wildman–Crippen MR) is 86.1 cm³/mol. The Balaban J connectivity index is 1.80. The van der Waals surface area contributed by atoms with E-state index in [1.807, 2.05) is 18.4 Å². The summed E-state index contributed by atoms with van der Waals surface area (Å²) in [7, 11) is 0. The molecule has 0 unspecified atom stereocenters. The maximum atomic E-state index is 13.1. The molecule has 1 N–H and O–H groups in total. The van der Waals surface area contributed by atoms with Gasteiger partial charge in [0.25, 0.3) is 0 Å². The van der Waals surface area contributed by atoms with Crippen LogP contribution in [0.5, 0.6) is 0 Å². The Morgan fingerprint density at radius 2 is 2.08 bits per heavy atom. The molecule has 1 aromatic heterocycles. The number of carbonyl (C=O) groups excluding carboxylic acids is 1. The number of carbonyl (C=O) groups is 1. The van der Waals surface area contributed by atoms with Crippen LogP contribution in [0.2, 0.25) is 0 Å². The number of benzene rings is 1. The fourth-order valence-corrected chi connectivity index (χ4v) is 3.50. The molecule has 4 nitrogen and oxygen atoms in total. The van der Waals surface area contributed by atoms with Crippen molar-refractivity contribution >= 4 is 23.4 Å². The number of aromatic nitrogens is 2. The minimum Gasteiger partial charge on any atom is -0.323 e. The van der Waals surface area contributed by atoms with Crippen molar-refractivity contribution in [3.63, 3.8) is 0 Å². The van der Waals surface area contributed by atoms with Gasteiger partial charge in [0.15, 0.2) is 5.69 Å². The molecule has 0 radical (unpaired) electrons. The monoisotopic (exact) mass is 355 g/mol. The molecule has 1 aromatic carbocycles. The third-order valence-corrected chi connectivity index (χ3v) is 4.75. The highest BCUT2D eigenvalue weighted by atomic mass is 32.2. The normalized spacial score (nSPS) is 13.8. The largest absolute Gasteiger partial charge is 0.435 e. The molecule has 0 bridgehead atoms. The Kier molecular flexibility index (Phi) is 4.58. The molecule has 0 atom stereocenters. The summed E-state index contributed by atoms with van der Waals surface area (Å²) in [5.41, 5.74) is 0.553. The Morgan fingerprint density at radius 3 is 2.79 bits per heavy atom. The molecule has 2 aromatic rings. The van der Waals surface area contributed by atoms with Gasteiger partial charge in [-0.15, -0.1) is 11.8 Å². The summed E-state index contributed by atoms with van der Waals surface area (Å²) < 4.78 is 40.4. The van der Waals surface area contributed by atoms with Gasteiger partial charge >= 0.3 is 6.18 Å². The van der Waals surface area contributed by atoms with Crippen molar-refractivity contribution in [1.29, 1.82) is 0 Å². The van der Waals surface area contributed by atoms with Gasteiger partial charge in [-0.1, -0.05) is 12.1 Å². The van der Waals surface area contributed by atoms with Crippen LogP contribution in [-0.2, 0) is 30.4 Å². The fourth-order valence-electron chi connectivity index (χ4n) is 2.94. The number of thioether (sulfide) groups is 1. The van der Waals surface area contributed by atoms with E-state index in [0.29, 0.717) is 30.6 Å². The van der Waals surface area contributed by atoms with Crippen LogP contribution < -0.4 is 5.32 Å². The molecular formula is C16H16F3N3OS. The average molecular weight is 355 g/mol. The molecule has 8 heteroatoms. The second-order valence-electron chi connectivity index (χ2n) is 5.53. The number of rotatable bonds is 4. The first-order chi connectivity index (χ1) is 11.4. The molecule has 128 valence electrons. The summed E-state index contributed by atoms with van der Waals surface area (Å²) >= 11 is 1.49. The first kappa shape index (κ1) is 16.9. The van der Waals surface area contributed by atoms with E-state index in [9.17, 15) is 18.0 Å². The molecule has 0 spiro atoms. The van der Waals surface area contributed by atoms with Crippen molar-refractivity contribution in [3.8, 4) is 0 Å². The van der Waals surface area contributed by atoms with Crippen LogP contribution in [0.1, 0.15) is 23.4 Å². The average Bonchev–Trinajstić information content (AvgIpc) is 3.10. The smallest absolute Gasteiger partial charge is 0.323 e. The predicted octanol–water partition coefficient (Wildman–Crippen LogP) is 3.75. The number of anilines is 1. The lowest BCUT2D eigenvalue weighted by Crippen LogP contribution is -2.21. The van der Waals surface area contributed by atoms with E-state index in [4.69, 9.17) is 0 Å². The van der Waals surface area contributed by atoms with Crippen molar-refractivity contribution in [3.05, 3.63) is 41.2 Å². The van der Waals surface area contributed by atoms with Gasteiger partial charge in [-0.25, -0.2) is 0 Å². The highest BCUT2D eigenvalue weighted by molar-refractivity contribution is 7.98. The van der Waals surface area contributed by atoms with E-state index < -0.39 is 11.9 Å². The molecule has 1 heterocycles. The number of alkyl halides is 3. The Hall–Kier alpha value is -1.96. The van der Waals surface area contributed by atoms with E-state index in [-0.39, 0.29) is 18.0 Å². The van der Waals surface area contributed by atoms with Gasteiger partial charge < -0.3 is 5.32 Å². The maximum absolute atomic E-state index is 13.1. The summed E-state index contributed by atoms with van der Waals surface area (Å²) in [4.78, 5) is 13.1. The molecular weight excluding hydrogens is 339 g/mol. The van der Waals surface area contributed by atoms with Crippen LogP contribution in [0.25, 0.3) is 0 Å². The molecule has 1 aliphatic rings. The van der Waals surface area contributed by atoms with Gasteiger partial charge in [0.05, 0.1) is 5.69 Å². The molecule has 0 saturated heterocycles. The Labute approximate surface area is 141 Å². The topological polar surface area (TPSA) is 46.9 Å². The molecule has 0 saturated carbocycles. The van der Waals surface area contributed by atoms with Crippen LogP contribution in [0.4, 0.5) is 18.9 Å². The number of hydrogen-bond acceptors (Lipinski definition) is 3. The third-order valence-electron chi connectivity index (χ3n) is 3.95. The molecule has 1 amide bonds. The number of nitrogens with zero attached hydrogens (tertiary/aromatic N) is 2. The quantitative estimate of drug-likeness (QED) is 0.850. The van der Waals surface area contributed by atoms with Gasteiger partial charge in [-0.05, 0) is 37.7 Å². The lowest BCUT2D eigenvalue weighted by atomic mass is 10.2. The Morgan fingerprint density at radius 1 is 1.33 bits per heavy atom. The van der Waals surface area contributed by atoms with Gasteiger partial charge in [0.1, 0.15) is 6.54 Å². The van der Waals surface area contributed by atoms with E-state index in [1.165, 1.54) is 16.4 Å². The van der Waals surface area contributed by atoms with E-state index in [0.717, 1.165) is 4.90 Å². The molecule has 1 aliphatic carbocycles. The molecule has 0 aliphatic heterocycles. The minimum absolute atomic E-state index is 0.221. The number of halogens is 3. The lowest BCUT2D eigenvalue weighted by molar-refractivity contribution is -0.142. The SMILES string of the molecule is CSc1ccccc1NC(=O)Cn1nc(C(F)(F)F)c2c1CCC2. The number of hydrogen-bond donors (Lipinski definition) is 1. The zero-order chi connectivity index (χ0) is 17.3. The Bertz CT molecular complexity index is 770. The number of amides is 1. The standard InChI is InChI=1S/C16H16F3N3OS/c1-24-13-8-3-2-6-11(13)20-14(23)9-22-12-7-4-5-10(12)15(21-22)16(17,18)19/h2-3,6,8H,4-5,7,9H2,1H3,(H,20,23). The van der Waals surface area contributed by atoms with E-state index in [1.54, 1.807) is 12.1 Å². The minimum atomic E-state index is -4.48. The summed E-state index contributed by atoms with van der Waals surface area (Å²) in [6.07, 6.45) is -1.05. The lowest BCUT2D eigenvalue weighted by Gasteiger charge is -2.10. The summed E-state index contributed by atoms with van der Waals surface area (Å²) in [5.74, 6) is -0.387. The second kappa shape index (κ2) is 6.51. The molecule has 24 heavy (non-hydrogen) atoms. The van der Waals surface area contributed by atoms with Gasteiger partial charge in [-0.2, -0.15) is 18.3 Å². The van der Waals surface area contributed by atoms with Crippen molar-refractivity contribution < 1.29 is 18.0 Å². The number of nitrogens with one attached hydrogen (secondary N) is 1. The first-order valence-electron chi connectivity index (χ1n) is 7.48. The maximum Gasteiger partial charge on any atom is 0.435 e. The molecule has 0 fully saturated rings. The van der Waals surface area contributed by atoms with Crippen LogP contribution >= 0.6 is 11.8 Å². The van der Waals surface area contributed by atoms with Gasteiger partial charge in [0, 0.05) is 16.2 Å². The van der Waals surface area contributed by atoms with E-state index >= 15 is 0 Å².